The summed E-state index contributed by atoms with van der Waals surface area (Å²) in [5.74, 6) is 0.208. The fourth-order valence-electron chi connectivity index (χ4n) is 2.29. The lowest BCUT2D eigenvalue weighted by Crippen LogP contribution is -2.01. The normalized spacial score (nSPS) is 10.5. The molecule has 0 bridgehead atoms. The molecule has 0 radical (unpaired) electrons. The summed E-state index contributed by atoms with van der Waals surface area (Å²) in [7, 11) is 0. The van der Waals surface area contributed by atoms with E-state index in [0.717, 1.165) is 37.9 Å². The van der Waals surface area contributed by atoms with Crippen LogP contribution in [0.4, 0.5) is 0 Å². The fraction of sp³-hybridized carbons (Fsp3) is 0.389. The first kappa shape index (κ1) is 16.6. The van der Waals surface area contributed by atoms with Gasteiger partial charge in [0.05, 0.1) is 6.61 Å². The van der Waals surface area contributed by atoms with Crippen LogP contribution in [0.1, 0.15) is 36.8 Å². The van der Waals surface area contributed by atoms with Crippen molar-refractivity contribution in [2.24, 2.45) is 0 Å². The van der Waals surface area contributed by atoms with Crippen molar-refractivity contribution in [3.8, 4) is 5.75 Å². The molecule has 1 N–H and O–H groups in total. The minimum Gasteiger partial charge on any atom is -0.493 e. The van der Waals surface area contributed by atoms with Gasteiger partial charge in [-0.1, -0.05) is 18.6 Å². The van der Waals surface area contributed by atoms with E-state index in [1.165, 1.54) is 11.1 Å². The first-order chi connectivity index (χ1) is 10.7. The van der Waals surface area contributed by atoms with Crippen molar-refractivity contribution in [3.05, 3.63) is 52.2 Å². The van der Waals surface area contributed by atoms with E-state index in [1.54, 1.807) is 11.3 Å². The number of unbranched alkanes of at least 4 members (excludes halogenated alkanes) is 2. The van der Waals surface area contributed by atoms with E-state index in [-0.39, 0.29) is 6.42 Å². The molecule has 0 aliphatic rings. The van der Waals surface area contributed by atoms with Crippen LogP contribution in [0.15, 0.2) is 41.1 Å². The molecule has 2 aromatic rings. The Morgan fingerprint density at radius 2 is 2.00 bits per heavy atom. The largest absolute Gasteiger partial charge is 0.493 e. The predicted octanol–water partition coefficient (Wildman–Crippen LogP) is 4.56. The van der Waals surface area contributed by atoms with E-state index in [2.05, 4.69) is 29.0 Å². The van der Waals surface area contributed by atoms with E-state index in [9.17, 15) is 4.79 Å². The number of carbonyl (C=O) groups is 1. The van der Waals surface area contributed by atoms with Crippen molar-refractivity contribution in [1.29, 1.82) is 0 Å². The number of aliphatic carboxylic acids is 1. The van der Waals surface area contributed by atoms with Crippen molar-refractivity contribution >= 4 is 17.3 Å². The summed E-state index contributed by atoms with van der Waals surface area (Å²) in [5, 5.41) is 12.8. The maximum absolute atomic E-state index is 10.4. The highest BCUT2D eigenvalue weighted by atomic mass is 32.1. The predicted molar refractivity (Wildman–Crippen MR) is 89.8 cm³/mol. The quantitative estimate of drug-likeness (QED) is 0.653. The van der Waals surface area contributed by atoms with Crippen LogP contribution in [0.5, 0.6) is 5.75 Å². The van der Waals surface area contributed by atoms with Crippen molar-refractivity contribution in [2.75, 3.05) is 6.61 Å². The number of ether oxygens (including phenoxy) is 1. The lowest BCUT2D eigenvalue weighted by atomic mass is 10.1. The van der Waals surface area contributed by atoms with E-state index >= 15 is 0 Å². The monoisotopic (exact) mass is 318 g/mol. The lowest BCUT2D eigenvalue weighted by Gasteiger charge is -2.08. The minimum absolute atomic E-state index is 0.270. The zero-order chi connectivity index (χ0) is 15.6. The summed E-state index contributed by atoms with van der Waals surface area (Å²) in [5.41, 5.74) is 2.57. The number of hydrogen-bond acceptors (Lipinski definition) is 3. The summed E-state index contributed by atoms with van der Waals surface area (Å²) in [6.45, 7) is 0.693. The third kappa shape index (κ3) is 6.31. The van der Waals surface area contributed by atoms with Crippen molar-refractivity contribution in [1.82, 2.24) is 0 Å². The van der Waals surface area contributed by atoms with Gasteiger partial charge >= 0.3 is 5.97 Å². The Morgan fingerprint density at radius 3 is 2.77 bits per heavy atom. The van der Waals surface area contributed by atoms with Crippen molar-refractivity contribution in [2.45, 2.75) is 38.5 Å². The van der Waals surface area contributed by atoms with Crippen LogP contribution in [-0.4, -0.2) is 17.7 Å². The summed E-state index contributed by atoms with van der Waals surface area (Å²) in [6, 6.07) is 10.3. The molecule has 118 valence electrons. The Bertz CT molecular complexity index is 563. The van der Waals surface area contributed by atoms with Gasteiger partial charge in [0, 0.05) is 12.8 Å². The minimum atomic E-state index is -0.707. The van der Waals surface area contributed by atoms with E-state index < -0.39 is 5.97 Å². The number of rotatable bonds is 10. The first-order valence-corrected chi connectivity index (χ1v) is 8.63. The zero-order valence-corrected chi connectivity index (χ0v) is 13.5. The van der Waals surface area contributed by atoms with Crippen LogP contribution in [-0.2, 0) is 17.6 Å². The van der Waals surface area contributed by atoms with Gasteiger partial charge in [0.2, 0.25) is 0 Å². The van der Waals surface area contributed by atoms with E-state index in [4.69, 9.17) is 9.84 Å². The second-order valence-electron chi connectivity index (χ2n) is 5.33. The molecule has 1 aromatic carbocycles. The molecule has 1 heterocycles. The maximum Gasteiger partial charge on any atom is 0.303 e. The summed E-state index contributed by atoms with van der Waals surface area (Å²) in [4.78, 5) is 10.4. The first-order valence-electron chi connectivity index (χ1n) is 7.68. The summed E-state index contributed by atoms with van der Waals surface area (Å²) >= 11 is 1.71. The number of thiophene rings is 1. The highest BCUT2D eigenvalue weighted by Gasteiger charge is 2.00. The Balaban J connectivity index is 1.69. The van der Waals surface area contributed by atoms with Crippen molar-refractivity contribution < 1.29 is 14.6 Å². The molecule has 0 atom stereocenters. The third-order valence-electron chi connectivity index (χ3n) is 3.49. The van der Waals surface area contributed by atoms with E-state index in [0.29, 0.717) is 6.61 Å². The van der Waals surface area contributed by atoms with Crippen molar-refractivity contribution in [3.63, 3.8) is 0 Å². The summed E-state index contributed by atoms with van der Waals surface area (Å²) < 4.78 is 5.81. The molecule has 3 nitrogen and oxygen atoms in total. The van der Waals surface area contributed by atoms with Gasteiger partial charge in [-0.2, -0.15) is 11.3 Å². The SMILES string of the molecule is O=C(O)CCCCCc1cccc(OCCc2ccsc2)c1. The lowest BCUT2D eigenvalue weighted by molar-refractivity contribution is -0.137. The molecular formula is C18H22O3S. The zero-order valence-electron chi connectivity index (χ0n) is 12.7. The van der Waals surface area contributed by atoms with Gasteiger partial charge in [0.25, 0.3) is 0 Å². The second-order valence-corrected chi connectivity index (χ2v) is 6.11. The van der Waals surface area contributed by atoms with Crippen LogP contribution < -0.4 is 4.74 Å². The topological polar surface area (TPSA) is 46.5 Å². The van der Waals surface area contributed by atoms with Crippen LogP contribution >= 0.6 is 11.3 Å². The Morgan fingerprint density at radius 1 is 1.09 bits per heavy atom. The molecule has 0 fully saturated rings. The molecule has 22 heavy (non-hydrogen) atoms. The fourth-order valence-corrected chi connectivity index (χ4v) is 3.00. The Kier molecular flexibility index (Phi) is 6.97. The Hall–Kier alpha value is -1.81. The molecule has 0 unspecified atom stereocenters. The molecule has 2 rings (SSSR count). The smallest absolute Gasteiger partial charge is 0.303 e. The van der Waals surface area contributed by atoms with Gasteiger partial charge < -0.3 is 9.84 Å². The average molecular weight is 318 g/mol. The third-order valence-corrected chi connectivity index (χ3v) is 4.23. The highest BCUT2D eigenvalue weighted by molar-refractivity contribution is 7.07. The molecule has 0 saturated heterocycles. The van der Waals surface area contributed by atoms with Gasteiger partial charge in [0.1, 0.15) is 5.75 Å². The average Bonchev–Trinajstić information content (AvgIpc) is 3.00. The maximum atomic E-state index is 10.4. The molecule has 4 heteroatoms. The van der Waals surface area contributed by atoms with Gasteiger partial charge in [0.15, 0.2) is 0 Å². The molecule has 0 spiro atoms. The van der Waals surface area contributed by atoms with Gasteiger partial charge in [-0.25, -0.2) is 0 Å². The second kappa shape index (κ2) is 9.26. The van der Waals surface area contributed by atoms with Gasteiger partial charge in [-0.3, -0.25) is 4.79 Å². The Labute approximate surface area is 135 Å². The number of carboxylic acid groups (broad SMARTS) is 1. The van der Waals surface area contributed by atoms with Gasteiger partial charge in [-0.15, -0.1) is 0 Å². The molecule has 0 aliphatic carbocycles. The van der Waals surface area contributed by atoms with Crippen LogP contribution in [0, 0.1) is 0 Å². The van der Waals surface area contributed by atoms with Crippen LogP contribution in [0.25, 0.3) is 0 Å². The number of carboxylic acids is 1. The number of aryl methyl sites for hydroxylation is 1. The number of benzene rings is 1. The number of hydrogen-bond donors (Lipinski definition) is 1. The molecular weight excluding hydrogens is 296 g/mol. The summed E-state index contributed by atoms with van der Waals surface area (Å²) in [6.07, 6.45) is 4.91. The van der Waals surface area contributed by atoms with Crippen LogP contribution in [0.2, 0.25) is 0 Å². The van der Waals surface area contributed by atoms with E-state index in [1.807, 2.05) is 12.1 Å². The standard InChI is InChI=1S/C18H22O3S/c19-18(20)8-3-1-2-5-15-6-4-7-17(13-15)21-11-9-16-10-12-22-14-16/h4,6-7,10,12-14H,1-3,5,8-9,11H2,(H,19,20). The van der Waals surface area contributed by atoms with Gasteiger partial charge in [-0.05, 0) is 59.3 Å². The highest BCUT2D eigenvalue weighted by Crippen LogP contribution is 2.16. The van der Waals surface area contributed by atoms with Crippen LogP contribution in [0.3, 0.4) is 0 Å². The molecule has 0 saturated carbocycles. The molecule has 0 aliphatic heterocycles. The molecule has 0 amide bonds. The molecule has 1 aromatic heterocycles.